The molecule has 1 aliphatic heterocycles. The Morgan fingerprint density at radius 1 is 1.62 bits per heavy atom. The molecule has 0 bridgehead atoms. The van der Waals surface area contributed by atoms with Gasteiger partial charge in [0.05, 0.1) is 5.69 Å². The van der Waals surface area contributed by atoms with Crippen LogP contribution in [-0.4, -0.2) is 33.8 Å². The van der Waals surface area contributed by atoms with E-state index in [-0.39, 0.29) is 0 Å². The lowest BCUT2D eigenvalue weighted by Crippen LogP contribution is -2.56. The smallest absolute Gasteiger partial charge is 0.0549 e. The first-order valence-electron chi connectivity index (χ1n) is 4.66. The molecule has 13 heavy (non-hydrogen) atoms. The van der Waals surface area contributed by atoms with E-state index in [1.54, 1.807) is 0 Å². The van der Waals surface area contributed by atoms with E-state index in [0.29, 0.717) is 12.1 Å². The predicted octanol–water partition coefficient (Wildman–Crippen LogP) is 0.124. The van der Waals surface area contributed by atoms with Crippen LogP contribution in [-0.2, 0) is 7.05 Å². The highest BCUT2D eigenvalue weighted by atomic mass is 15.3. The summed E-state index contributed by atoms with van der Waals surface area (Å²) >= 11 is 0. The molecule has 0 amide bonds. The molecule has 0 spiro atoms. The van der Waals surface area contributed by atoms with Crippen LogP contribution in [0.1, 0.15) is 18.7 Å². The molecule has 72 valence electrons. The molecule has 0 saturated carbocycles. The second-order valence-electron chi connectivity index (χ2n) is 3.77. The van der Waals surface area contributed by atoms with Crippen LogP contribution in [0.25, 0.3) is 0 Å². The molecule has 1 saturated heterocycles. The molecule has 1 aromatic rings. The Morgan fingerprint density at radius 3 is 2.77 bits per heavy atom. The van der Waals surface area contributed by atoms with E-state index in [4.69, 9.17) is 5.73 Å². The molecule has 4 heteroatoms. The SMILES string of the molecule is CC(c1ccnn1C)N1CC(N)C1. The lowest BCUT2D eigenvalue weighted by atomic mass is 10.1. The molecular formula is C9H16N4. The molecule has 0 aromatic carbocycles. The van der Waals surface area contributed by atoms with Gasteiger partial charge in [0, 0.05) is 38.4 Å². The molecule has 0 aliphatic carbocycles. The fraction of sp³-hybridized carbons (Fsp3) is 0.667. The highest BCUT2D eigenvalue weighted by molar-refractivity contribution is 5.07. The summed E-state index contributed by atoms with van der Waals surface area (Å²) in [7, 11) is 1.98. The molecular weight excluding hydrogens is 164 g/mol. The van der Waals surface area contributed by atoms with E-state index < -0.39 is 0 Å². The quantitative estimate of drug-likeness (QED) is 0.703. The summed E-state index contributed by atoms with van der Waals surface area (Å²) in [6.45, 7) is 4.21. The number of hydrogen-bond acceptors (Lipinski definition) is 3. The van der Waals surface area contributed by atoms with Gasteiger partial charge in [0.15, 0.2) is 0 Å². The maximum atomic E-state index is 5.73. The molecule has 2 rings (SSSR count). The number of likely N-dealkylation sites (tertiary alicyclic amines) is 1. The predicted molar refractivity (Wildman–Crippen MR) is 51.2 cm³/mol. The van der Waals surface area contributed by atoms with Gasteiger partial charge >= 0.3 is 0 Å². The van der Waals surface area contributed by atoms with Crippen LogP contribution in [0.5, 0.6) is 0 Å². The first kappa shape index (κ1) is 8.72. The molecule has 1 atom stereocenters. The van der Waals surface area contributed by atoms with E-state index >= 15 is 0 Å². The number of hydrogen-bond donors (Lipinski definition) is 1. The zero-order valence-electron chi connectivity index (χ0n) is 8.14. The van der Waals surface area contributed by atoms with Crippen molar-refractivity contribution >= 4 is 0 Å². The minimum atomic E-state index is 0.371. The number of aryl methyl sites for hydroxylation is 1. The van der Waals surface area contributed by atoms with Crippen molar-refractivity contribution in [2.24, 2.45) is 12.8 Å². The molecule has 2 heterocycles. The van der Waals surface area contributed by atoms with Crippen molar-refractivity contribution in [2.45, 2.75) is 19.0 Å². The summed E-state index contributed by atoms with van der Waals surface area (Å²) in [5.74, 6) is 0. The zero-order valence-corrected chi connectivity index (χ0v) is 8.14. The van der Waals surface area contributed by atoms with E-state index in [2.05, 4.69) is 23.0 Å². The van der Waals surface area contributed by atoms with E-state index in [1.165, 1.54) is 5.69 Å². The first-order chi connectivity index (χ1) is 6.18. The lowest BCUT2D eigenvalue weighted by molar-refractivity contribution is 0.0989. The fourth-order valence-corrected chi connectivity index (χ4v) is 1.85. The Balaban J connectivity index is 2.05. The third-order valence-corrected chi connectivity index (χ3v) is 2.77. The Kier molecular flexibility index (Phi) is 2.09. The Morgan fingerprint density at radius 2 is 2.31 bits per heavy atom. The van der Waals surface area contributed by atoms with Gasteiger partial charge in [-0.2, -0.15) is 5.10 Å². The van der Waals surface area contributed by atoms with Gasteiger partial charge in [0.2, 0.25) is 0 Å². The molecule has 4 nitrogen and oxygen atoms in total. The fourth-order valence-electron chi connectivity index (χ4n) is 1.85. The second kappa shape index (κ2) is 3.12. The van der Waals surface area contributed by atoms with Crippen molar-refractivity contribution in [1.82, 2.24) is 14.7 Å². The molecule has 1 aliphatic rings. The highest BCUT2D eigenvalue weighted by Gasteiger charge is 2.29. The Bertz CT molecular complexity index is 288. The van der Waals surface area contributed by atoms with Gasteiger partial charge in [-0.25, -0.2) is 0 Å². The van der Waals surface area contributed by atoms with Crippen molar-refractivity contribution in [3.8, 4) is 0 Å². The van der Waals surface area contributed by atoms with Crippen LogP contribution in [0.15, 0.2) is 12.3 Å². The van der Waals surface area contributed by atoms with Crippen LogP contribution >= 0.6 is 0 Å². The van der Waals surface area contributed by atoms with Gasteiger partial charge in [-0.15, -0.1) is 0 Å². The topological polar surface area (TPSA) is 47.1 Å². The van der Waals surface area contributed by atoms with Crippen molar-refractivity contribution in [3.05, 3.63) is 18.0 Å². The number of nitrogens with two attached hydrogens (primary N) is 1. The lowest BCUT2D eigenvalue weighted by Gasteiger charge is -2.41. The molecule has 1 fully saturated rings. The number of aromatic nitrogens is 2. The average Bonchev–Trinajstić information content (AvgIpc) is 2.44. The van der Waals surface area contributed by atoms with E-state index in [0.717, 1.165) is 13.1 Å². The van der Waals surface area contributed by atoms with Gasteiger partial charge in [-0.3, -0.25) is 9.58 Å². The third-order valence-electron chi connectivity index (χ3n) is 2.77. The summed E-state index contributed by atoms with van der Waals surface area (Å²) in [5.41, 5.74) is 6.99. The van der Waals surface area contributed by atoms with Crippen LogP contribution in [0, 0.1) is 0 Å². The molecule has 1 aromatic heterocycles. The maximum absolute atomic E-state index is 5.73. The van der Waals surface area contributed by atoms with Crippen LogP contribution in [0.2, 0.25) is 0 Å². The molecule has 2 N–H and O–H groups in total. The molecule has 0 radical (unpaired) electrons. The highest BCUT2D eigenvalue weighted by Crippen LogP contribution is 2.23. The zero-order chi connectivity index (χ0) is 9.42. The minimum Gasteiger partial charge on any atom is -0.325 e. The largest absolute Gasteiger partial charge is 0.325 e. The normalized spacial score (nSPS) is 21.5. The summed E-state index contributed by atoms with van der Waals surface area (Å²) in [6.07, 6.45) is 1.84. The third kappa shape index (κ3) is 1.47. The number of rotatable bonds is 2. The van der Waals surface area contributed by atoms with Crippen LogP contribution in [0.4, 0.5) is 0 Å². The van der Waals surface area contributed by atoms with Crippen molar-refractivity contribution < 1.29 is 0 Å². The standard InChI is InChI=1S/C9H16N4/c1-7(13-5-8(10)6-13)9-3-4-11-12(9)2/h3-4,7-8H,5-6,10H2,1-2H3. The van der Waals surface area contributed by atoms with Crippen molar-refractivity contribution in [3.63, 3.8) is 0 Å². The van der Waals surface area contributed by atoms with E-state index in [1.807, 2.05) is 17.9 Å². The van der Waals surface area contributed by atoms with Gasteiger partial charge in [-0.05, 0) is 13.0 Å². The van der Waals surface area contributed by atoms with Crippen molar-refractivity contribution in [2.75, 3.05) is 13.1 Å². The van der Waals surface area contributed by atoms with Gasteiger partial charge in [-0.1, -0.05) is 0 Å². The van der Waals surface area contributed by atoms with Crippen LogP contribution < -0.4 is 5.73 Å². The monoisotopic (exact) mass is 180 g/mol. The first-order valence-corrected chi connectivity index (χ1v) is 4.66. The maximum Gasteiger partial charge on any atom is 0.0549 e. The molecule has 1 unspecified atom stereocenters. The second-order valence-corrected chi connectivity index (χ2v) is 3.77. The summed E-state index contributed by atoms with van der Waals surface area (Å²) < 4.78 is 1.93. The van der Waals surface area contributed by atoms with E-state index in [9.17, 15) is 0 Å². The van der Waals surface area contributed by atoms with Crippen LogP contribution in [0.3, 0.4) is 0 Å². The summed E-state index contributed by atoms with van der Waals surface area (Å²) in [4.78, 5) is 2.36. The average molecular weight is 180 g/mol. The Labute approximate surface area is 78.3 Å². The van der Waals surface area contributed by atoms with Crippen molar-refractivity contribution in [1.29, 1.82) is 0 Å². The summed E-state index contributed by atoms with van der Waals surface area (Å²) in [6, 6.07) is 2.87. The van der Waals surface area contributed by atoms with Gasteiger partial charge in [0.1, 0.15) is 0 Å². The minimum absolute atomic E-state index is 0.371. The summed E-state index contributed by atoms with van der Waals surface area (Å²) in [5, 5.41) is 4.16. The Hall–Kier alpha value is -0.870. The van der Waals surface area contributed by atoms with Gasteiger partial charge in [0.25, 0.3) is 0 Å². The van der Waals surface area contributed by atoms with Gasteiger partial charge < -0.3 is 5.73 Å². The number of nitrogens with zero attached hydrogens (tertiary/aromatic N) is 3.